The third-order valence-electron chi connectivity index (χ3n) is 7.02. The molecule has 2 N–H and O–H groups in total. The van der Waals surface area contributed by atoms with Crippen molar-refractivity contribution in [3.8, 4) is 6.07 Å². The average Bonchev–Trinajstić information content (AvgIpc) is 2.90. The number of hydrogen-bond donors (Lipinski definition) is 1. The lowest BCUT2D eigenvalue weighted by molar-refractivity contribution is -0.199. The van der Waals surface area contributed by atoms with Gasteiger partial charge in [-0.25, -0.2) is 9.79 Å². The molecule has 1 unspecified atom stereocenters. The Morgan fingerprint density at radius 3 is 2.45 bits per heavy atom. The van der Waals surface area contributed by atoms with Crippen LogP contribution < -0.4 is 10.8 Å². The summed E-state index contributed by atoms with van der Waals surface area (Å²) in [7, 11) is 0. The summed E-state index contributed by atoms with van der Waals surface area (Å²) in [4.78, 5) is 49.2. The molecule has 2 aliphatic rings. The molecule has 1 fully saturated rings. The number of ether oxygens (including phenoxy) is 1. The number of guanidine groups is 1. The van der Waals surface area contributed by atoms with Gasteiger partial charge < -0.3 is 15.3 Å². The number of carbonyl (C=O) groups excluding carboxylic acids is 3. The second kappa shape index (κ2) is 11.6. The van der Waals surface area contributed by atoms with Crippen LogP contribution in [0.4, 0.5) is 18.9 Å². The summed E-state index contributed by atoms with van der Waals surface area (Å²) in [6.45, 7) is 5.36. The standard InChI is InChI=1S/C28H27ClF3N5O5/c1-15-10-19(11-16(2)41-15)36-22(38)13-27(3,35-26(36)34)20-8-5-9-21(23(20)29)37(42-25(40)28(30,31)32)24(39)18-7-4-6-17(12-18)14-33/h4-9,12,15-16,19H,10-11,13H2,1-3H3,(H2,34,35)/t15-,16+,19?,27-/m0/s1. The number of hydrogen-bond acceptors (Lipinski definition) is 8. The van der Waals surface area contributed by atoms with Crippen LogP contribution in [0.2, 0.25) is 5.02 Å². The Bertz CT molecular complexity index is 1480. The molecule has 0 bridgehead atoms. The summed E-state index contributed by atoms with van der Waals surface area (Å²) in [6.07, 6.45) is -4.74. The van der Waals surface area contributed by atoms with Gasteiger partial charge in [0.15, 0.2) is 5.96 Å². The van der Waals surface area contributed by atoms with Crippen molar-refractivity contribution in [1.82, 2.24) is 4.90 Å². The van der Waals surface area contributed by atoms with Gasteiger partial charge in [0, 0.05) is 17.2 Å². The molecular weight excluding hydrogens is 579 g/mol. The van der Waals surface area contributed by atoms with E-state index in [-0.39, 0.29) is 63.3 Å². The first-order chi connectivity index (χ1) is 19.6. The molecule has 2 aliphatic heterocycles. The summed E-state index contributed by atoms with van der Waals surface area (Å²) >= 11 is 6.66. The van der Waals surface area contributed by atoms with Crippen LogP contribution in [0.25, 0.3) is 0 Å². The van der Waals surface area contributed by atoms with E-state index < -0.39 is 29.3 Å². The number of alkyl halides is 3. The fraction of sp³-hybridized carbons (Fsp3) is 0.393. The van der Waals surface area contributed by atoms with Crippen LogP contribution in [0.3, 0.4) is 0 Å². The first-order valence-corrected chi connectivity index (χ1v) is 13.3. The summed E-state index contributed by atoms with van der Waals surface area (Å²) < 4.78 is 45.3. The number of nitrogens with zero attached hydrogens (tertiary/aromatic N) is 4. The Balaban J connectivity index is 1.76. The third-order valence-corrected chi connectivity index (χ3v) is 7.41. The van der Waals surface area contributed by atoms with Gasteiger partial charge in [0.25, 0.3) is 5.91 Å². The van der Waals surface area contributed by atoms with Crippen molar-refractivity contribution in [1.29, 1.82) is 5.26 Å². The number of nitriles is 1. The number of benzene rings is 2. The predicted octanol–water partition coefficient (Wildman–Crippen LogP) is 4.60. The molecule has 14 heteroatoms. The fourth-order valence-electron chi connectivity index (χ4n) is 5.25. The minimum absolute atomic E-state index is 0.0405. The molecule has 2 aromatic rings. The second-order valence-electron chi connectivity index (χ2n) is 10.4. The number of nitrogens with two attached hydrogens (primary N) is 1. The van der Waals surface area contributed by atoms with Crippen LogP contribution in [0, 0.1) is 11.3 Å². The smallest absolute Gasteiger partial charge is 0.375 e. The van der Waals surface area contributed by atoms with Gasteiger partial charge in [-0.15, -0.1) is 5.06 Å². The van der Waals surface area contributed by atoms with Crippen molar-refractivity contribution in [2.75, 3.05) is 5.06 Å². The summed E-state index contributed by atoms with van der Waals surface area (Å²) in [5.41, 5.74) is 4.45. The molecule has 2 amide bonds. The third kappa shape index (κ3) is 6.19. The maximum Gasteiger partial charge on any atom is 0.493 e. The molecule has 0 aliphatic carbocycles. The van der Waals surface area contributed by atoms with E-state index in [1.807, 2.05) is 19.9 Å². The van der Waals surface area contributed by atoms with E-state index in [9.17, 15) is 32.8 Å². The van der Waals surface area contributed by atoms with E-state index in [1.54, 1.807) is 6.92 Å². The lowest BCUT2D eigenvalue weighted by Crippen LogP contribution is -2.56. The molecule has 0 aromatic heterocycles. The summed E-state index contributed by atoms with van der Waals surface area (Å²) in [5.74, 6) is -4.29. The summed E-state index contributed by atoms with van der Waals surface area (Å²) in [6, 6.07) is 10.7. The molecule has 42 heavy (non-hydrogen) atoms. The van der Waals surface area contributed by atoms with Crippen molar-refractivity contribution in [3.63, 3.8) is 0 Å². The lowest BCUT2D eigenvalue weighted by Gasteiger charge is -2.43. The zero-order valence-electron chi connectivity index (χ0n) is 22.8. The van der Waals surface area contributed by atoms with Gasteiger partial charge in [-0.1, -0.05) is 29.8 Å². The number of carbonyl (C=O) groups is 3. The van der Waals surface area contributed by atoms with Crippen molar-refractivity contribution < 1.29 is 37.1 Å². The van der Waals surface area contributed by atoms with Crippen molar-refractivity contribution in [2.45, 2.75) is 70.0 Å². The van der Waals surface area contributed by atoms with Crippen LogP contribution in [-0.4, -0.2) is 53.1 Å². The van der Waals surface area contributed by atoms with Gasteiger partial charge in [0.1, 0.15) is 5.69 Å². The molecule has 0 spiro atoms. The highest BCUT2D eigenvalue weighted by Gasteiger charge is 2.46. The van der Waals surface area contributed by atoms with Crippen LogP contribution in [0.5, 0.6) is 0 Å². The molecule has 222 valence electrons. The van der Waals surface area contributed by atoms with Gasteiger partial charge in [0.05, 0.1) is 40.8 Å². The number of anilines is 1. The summed E-state index contributed by atoms with van der Waals surface area (Å²) in [5, 5.41) is 8.99. The number of aliphatic imine (C=N–C) groups is 1. The highest BCUT2D eigenvalue weighted by Crippen LogP contribution is 2.42. The molecule has 1 saturated heterocycles. The lowest BCUT2D eigenvalue weighted by atomic mass is 9.86. The molecule has 2 aromatic carbocycles. The van der Waals surface area contributed by atoms with Gasteiger partial charge in [-0.3, -0.25) is 14.5 Å². The van der Waals surface area contributed by atoms with Crippen LogP contribution in [-0.2, 0) is 24.7 Å². The predicted molar refractivity (Wildman–Crippen MR) is 145 cm³/mol. The molecule has 4 atom stereocenters. The maximum atomic E-state index is 13.4. The Morgan fingerprint density at radius 1 is 1.21 bits per heavy atom. The average molecular weight is 606 g/mol. The normalized spacial score (nSPS) is 24.4. The van der Waals surface area contributed by atoms with E-state index in [1.165, 1.54) is 41.3 Å². The first-order valence-electron chi connectivity index (χ1n) is 12.9. The highest BCUT2D eigenvalue weighted by molar-refractivity contribution is 6.35. The van der Waals surface area contributed by atoms with E-state index in [2.05, 4.69) is 9.83 Å². The van der Waals surface area contributed by atoms with Gasteiger partial charge >= 0.3 is 12.1 Å². The Kier molecular flexibility index (Phi) is 8.52. The number of amides is 2. The Hall–Kier alpha value is -4.15. The van der Waals surface area contributed by atoms with Crippen LogP contribution in [0.1, 0.15) is 61.5 Å². The largest absolute Gasteiger partial charge is 0.493 e. The molecule has 2 heterocycles. The van der Waals surface area contributed by atoms with E-state index in [0.717, 1.165) is 6.07 Å². The zero-order chi connectivity index (χ0) is 31.0. The maximum absolute atomic E-state index is 13.4. The van der Waals surface area contributed by atoms with E-state index in [0.29, 0.717) is 12.8 Å². The van der Waals surface area contributed by atoms with Crippen molar-refractivity contribution in [3.05, 3.63) is 64.2 Å². The minimum Gasteiger partial charge on any atom is -0.375 e. The SMILES string of the molecule is C[C@@H]1CC(N2C(=O)C[C@@](C)(c3cccc(N(OC(=O)C(F)(F)F)C(=O)c4cccc(C#N)c4)c3Cl)N=C2N)C[C@H](C)O1. The van der Waals surface area contributed by atoms with E-state index in [4.69, 9.17) is 22.1 Å². The second-order valence-corrected chi connectivity index (χ2v) is 10.8. The van der Waals surface area contributed by atoms with Crippen molar-refractivity contribution >= 4 is 41.0 Å². The Morgan fingerprint density at radius 2 is 1.86 bits per heavy atom. The first kappa shape index (κ1) is 30.8. The van der Waals surface area contributed by atoms with Crippen LogP contribution in [0.15, 0.2) is 47.5 Å². The zero-order valence-corrected chi connectivity index (χ0v) is 23.6. The molecule has 10 nitrogen and oxygen atoms in total. The van der Waals surface area contributed by atoms with E-state index >= 15 is 0 Å². The topological polar surface area (TPSA) is 138 Å². The van der Waals surface area contributed by atoms with Gasteiger partial charge in [-0.2, -0.15) is 18.4 Å². The molecule has 0 saturated carbocycles. The minimum atomic E-state index is -5.44. The number of halogens is 4. The van der Waals surface area contributed by atoms with Crippen molar-refractivity contribution in [2.24, 2.45) is 10.7 Å². The van der Waals surface area contributed by atoms with Crippen LogP contribution >= 0.6 is 11.6 Å². The number of hydroxylamine groups is 1. The quantitative estimate of drug-likeness (QED) is 0.503. The molecule has 0 radical (unpaired) electrons. The van der Waals surface area contributed by atoms with Gasteiger partial charge in [0.2, 0.25) is 5.91 Å². The fourth-order valence-corrected chi connectivity index (χ4v) is 5.65. The number of rotatable bonds is 4. The highest BCUT2D eigenvalue weighted by atomic mass is 35.5. The van der Waals surface area contributed by atoms with Gasteiger partial charge in [-0.05, 0) is 57.9 Å². The monoisotopic (exact) mass is 605 g/mol. The Labute approximate surface area is 244 Å². The molecule has 4 rings (SSSR count). The molecular formula is C28H27ClF3N5O5.